The molecule has 0 bridgehead atoms. The van der Waals surface area contributed by atoms with Crippen molar-refractivity contribution in [1.82, 2.24) is 15.2 Å². The second kappa shape index (κ2) is 11.4. The van der Waals surface area contributed by atoms with E-state index in [1.807, 2.05) is 0 Å². The first kappa shape index (κ1) is 28.6. The predicted octanol–water partition coefficient (Wildman–Crippen LogP) is 7.17. The van der Waals surface area contributed by atoms with Crippen molar-refractivity contribution in [1.29, 1.82) is 0 Å². The number of H-pyrrole nitrogens is 1. The first-order valence-electron chi connectivity index (χ1n) is 12.1. The van der Waals surface area contributed by atoms with E-state index in [2.05, 4.69) is 26.2 Å². The van der Waals surface area contributed by atoms with Crippen molar-refractivity contribution in [3.05, 3.63) is 98.6 Å². The number of halogens is 4. The van der Waals surface area contributed by atoms with Gasteiger partial charge in [0.05, 0.1) is 17.1 Å². The van der Waals surface area contributed by atoms with Gasteiger partial charge in [-0.1, -0.05) is 23.7 Å². The zero-order valence-electron chi connectivity index (χ0n) is 21.7. The average Bonchev–Trinajstić information content (AvgIpc) is 3.33. The van der Waals surface area contributed by atoms with Crippen molar-refractivity contribution in [2.75, 3.05) is 7.11 Å². The summed E-state index contributed by atoms with van der Waals surface area (Å²) < 4.78 is 35.4. The maximum atomic E-state index is 15.6. The summed E-state index contributed by atoms with van der Waals surface area (Å²) in [5.74, 6) is -2.20. The van der Waals surface area contributed by atoms with E-state index in [-0.39, 0.29) is 27.2 Å². The summed E-state index contributed by atoms with van der Waals surface area (Å²) in [6.07, 6.45) is 1.59. The zero-order valence-corrected chi connectivity index (χ0v) is 24.1. The Bertz CT molecular complexity index is 1530. The molecule has 1 unspecified atom stereocenters. The molecule has 2 N–H and O–H groups in total. The van der Waals surface area contributed by atoms with Crippen LogP contribution in [-0.4, -0.2) is 34.3 Å². The van der Waals surface area contributed by atoms with Crippen LogP contribution in [0.15, 0.2) is 65.3 Å². The Kier molecular flexibility index (Phi) is 8.32. The van der Waals surface area contributed by atoms with E-state index in [4.69, 9.17) is 16.3 Å². The molecule has 1 aromatic heterocycles. The van der Waals surface area contributed by atoms with Crippen LogP contribution >= 0.6 is 27.5 Å². The first-order valence-corrected chi connectivity index (χ1v) is 13.2. The second-order valence-corrected chi connectivity index (χ2v) is 11.3. The van der Waals surface area contributed by atoms with Gasteiger partial charge >= 0.3 is 0 Å². The summed E-state index contributed by atoms with van der Waals surface area (Å²) >= 11 is 9.68. The van der Waals surface area contributed by atoms with Gasteiger partial charge in [-0.05, 0) is 84.7 Å². The monoisotopic (exact) mass is 617 g/mol. The van der Waals surface area contributed by atoms with Gasteiger partial charge in [0.2, 0.25) is 5.91 Å². The lowest BCUT2D eigenvalue weighted by Gasteiger charge is -2.34. The molecule has 0 saturated carbocycles. The number of nitrogens with one attached hydrogen (secondary N) is 2. The fourth-order valence-electron chi connectivity index (χ4n) is 4.32. The van der Waals surface area contributed by atoms with Gasteiger partial charge in [-0.25, -0.2) is 8.78 Å². The third kappa shape index (κ3) is 6.25. The van der Waals surface area contributed by atoms with Gasteiger partial charge in [-0.15, -0.1) is 0 Å². The van der Waals surface area contributed by atoms with Crippen molar-refractivity contribution >= 4 is 50.2 Å². The zero-order chi connectivity index (χ0) is 28.5. The number of nitrogens with zero attached hydrogens (tertiary/aromatic N) is 1. The smallest absolute Gasteiger partial charge is 0.258 e. The highest BCUT2D eigenvalue weighted by atomic mass is 79.9. The van der Waals surface area contributed by atoms with Crippen LogP contribution in [0.5, 0.6) is 5.75 Å². The molecule has 3 aromatic carbocycles. The Morgan fingerprint density at radius 1 is 1.10 bits per heavy atom. The van der Waals surface area contributed by atoms with Crippen molar-refractivity contribution in [2.24, 2.45) is 0 Å². The number of methoxy groups -OCH3 is 1. The minimum absolute atomic E-state index is 0.0704. The Morgan fingerprint density at radius 2 is 1.79 bits per heavy atom. The lowest BCUT2D eigenvalue weighted by Crippen LogP contribution is -2.49. The van der Waals surface area contributed by atoms with Crippen LogP contribution in [0.3, 0.4) is 0 Å². The third-order valence-corrected chi connectivity index (χ3v) is 6.97. The van der Waals surface area contributed by atoms with Gasteiger partial charge in [0.1, 0.15) is 17.6 Å². The molecule has 4 rings (SSSR count). The third-order valence-electron chi connectivity index (χ3n) is 6.05. The number of aromatic nitrogens is 1. The van der Waals surface area contributed by atoms with Crippen LogP contribution in [-0.2, 0) is 11.3 Å². The van der Waals surface area contributed by atoms with E-state index in [0.717, 1.165) is 12.1 Å². The summed E-state index contributed by atoms with van der Waals surface area (Å²) in [7, 11) is 1.53. The Hall–Kier alpha value is -3.43. The van der Waals surface area contributed by atoms with E-state index >= 15 is 4.39 Å². The molecule has 0 aliphatic heterocycles. The quantitative estimate of drug-likeness (QED) is 0.231. The molecule has 0 aliphatic rings. The van der Waals surface area contributed by atoms with Gasteiger partial charge in [0.15, 0.2) is 5.82 Å². The molecule has 0 spiro atoms. The molecule has 10 heteroatoms. The maximum Gasteiger partial charge on any atom is 0.258 e. The summed E-state index contributed by atoms with van der Waals surface area (Å²) in [6.45, 7) is 5.22. The summed E-state index contributed by atoms with van der Waals surface area (Å²) in [6, 6.07) is 12.2. The standard InChI is InChI=1S/C29H27BrClF2N3O3/c1-29(2,3)35-27(37)26(20-13-17(32)7-10-22(20)31)36(15-16-5-8-18(39-4)9-6-16)28(38)24-19-11-12-34-23(19)14-21(30)25(24)33/h5-14,26,34H,15H2,1-4H3,(H,35,37). The summed E-state index contributed by atoms with van der Waals surface area (Å²) in [4.78, 5) is 32.4. The molecule has 1 atom stereocenters. The number of amides is 2. The van der Waals surface area contributed by atoms with Crippen molar-refractivity contribution in [3.63, 3.8) is 0 Å². The molecular weight excluding hydrogens is 592 g/mol. The van der Waals surface area contributed by atoms with Gasteiger partial charge in [0, 0.05) is 39.8 Å². The number of carbonyl (C=O) groups excluding carboxylic acids is 2. The molecule has 1 heterocycles. The number of hydrogen-bond acceptors (Lipinski definition) is 3. The molecule has 0 fully saturated rings. The van der Waals surface area contributed by atoms with Crippen LogP contribution < -0.4 is 10.1 Å². The van der Waals surface area contributed by atoms with Crippen molar-refractivity contribution < 1.29 is 23.1 Å². The maximum absolute atomic E-state index is 15.6. The average molecular weight is 619 g/mol. The Morgan fingerprint density at radius 3 is 2.44 bits per heavy atom. The number of aromatic amines is 1. The van der Waals surface area contributed by atoms with Gasteiger partial charge in [-0.2, -0.15) is 0 Å². The highest BCUT2D eigenvalue weighted by Crippen LogP contribution is 2.35. The lowest BCUT2D eigenvalue weighted by atomic mass is 9.98. The number of ether oxygens (including phenoxy) is 1. The van der Waals surface area contributed by atoms with Crippen LogP contribution in [0.4, 0.5) is 8.78 Å². The Balaban J connectivity index is 1.95. The van der Waals surface area contributed by atoms with Crippen LogP contribution in [0.25, 0.3) is 10.9 Å². The molecule has 2 amide bonds. The molecule has 39 heavy (non-hydrogen) atoms. The van der Waals surface area contributed by atoms with E-state index in [1.54, 1.807) is 57.3 Å². The SMILES string of the molecule is COc1ccc(CN(C(=O)c2c(F)c(Br)cc3[nH]ccc23)C(C(=O)NC(C)(C)C)c2cc(F)ccc2Cl)cc1. The number of hydrogen-bond donors (Lipinski definition) is 2. The molecule has 6 nitrogen and oxygen atoms in total. The molecular formula is C29H27BrClF2N3O3. The fraction of sp³-hybridized carbons (Fsp3) is 0.241. The molecule has 0 saturated heterocycles. The predicted molar refractivity (Wildman–Crippen MR) is 151 cm³/mol. The topological polar surface area (TPSA) is 74.4 Å². The van der Waals surface area contributed by atoms with E-state index in [9.17, 15) is 14.0 Å². The first-order chi connectivity index (χ1) is 18.4. The van der Waals surface area contributed by atoms with E-state index in [1.165, 1.54) is 24.1 Å². The number of rotatable bonds is 7. The van der Waals surface area contributed by atoms with Crippen molar-refractivity contribution in [2.45, 2.75) is 38.9 Å². The second-order valence-electron chi connectivity index (χ2n) is 10.1. The highest BCUT2D eigenvalue weighted by molar-refractivity contribution is 9.10. The van der Waals surface area contributed by atoms with Gasteiger partial charge < -0.3 is 19.9 Å². The van der Waals surface area contributed by atoms with Crippen LogP contribution in [0.1, 0.15) is 48.3 Å². The lowest BCUT2D eigenvalue weighted by molar-refractivity contribution is -0.127. The summed E-state index contributed by atoms with van der Waals surface area (Å²) in [5.41, 5.74) is 0.288. The molecule has 0 radical (unpaired) electrons. The Labute approximate surface area is 238 Å². The number of benzene rings is 3. The highest BCUT2D eigenvalue weighted by Gasteiger charge is 2.37. The normalized spacial score (nSPS) is 12.3. The van der Waals surface area contributed by atoms with Gasteiger partial charge in [0.25, 0.3) is 5.91 Å². The minimum Gasteiger partial charge on any atom is -0.497 e. The number of carbonyl (C=O) groups is 2. The van der Waals surface area contributed by atoms with Crippen LogP contribution in [0.2, 0.25) is 5.02 Å². The van der Waals surface area contributed by atoms with Crippen LogP contribution in [0, 0.1) is 11.6 Å². The fourth-order valence-corrected chi connectivity index (χ4v) is 4.97. The number of fused-ring (bicyclic) bond motifs is 1. The van der Waals surface area contributed by atoms with Gasteiger partial charge in [-0.3, -0.25) is 9.59 Å². The van der Waals surface area contributed by atoms with Crippen molar-refractivity contribution in [3.8, 4) is 5.75 Å². The minimum atomic E-state index is -1.39. The molecule has 204 valence electrons. The molecule has 4 aromatic rings. The summed E-state index contributed by atoms with van der Waals surface area (Å²) in [5, 5.41) is 3.29. The van der Waals surface area contributed by atoms with E-state index < -0.39 is 35.0 Å². The largest absolute Gasteiger partial charge is 0.497 e. The molecule has 0 aliphatic carbocycles. The van der Waals surface area contributed by atoms with E-state index in [0.29, 0.717) is 22.2 Å².